The first-order valence-corrected chi connectivity index (χ1v) is 9.04. The Labute approximate surface area is 165 Å². The molecule has 1 heterocycles. The quantitative estimate of drug-likeness (QED) is 0.425. The van der Waals surface area contributed by atoms with E-state index in [-0.39, 0.29) is 5.57 Å². The fourth-order valence-corrected chi connectivity index (χ4v) is 2.80. The average molecular weight is 387 g/mol. The number of hydrogen-bond acceptors (Lipinski definition) is 6. The Morgan fingerprint density at radius 1 is 1.33 bits per heavy atom. The Kier molecular flexibility index (Phi) is 7.03. The van der Waals surface area contributed by atoms with Gasteiger partial charge in [-0.05, 0) is 18.6 Å². The summed E-state index contributed by atoms with van der Waals surface area (Å²) in [6, 6.07) is 9.23. The van der Waals surface area contributed by atoms with E-state index in [1.165, 1.54) is 7.11 Å². The van der Waals surface area contributed by atoms with Crippen molar-refractivity contribution in [2.45, 2.75) is 19.8 Å². The number of nitrogens with zero attached hydrogens (tertiary/aromatic N) is 4. The predicted octanol–water partition coefficient (Wildman–Crippen LogP) is 3.56. The molecule has 0 unspecified atom stereocenters. The highest BCUT2D eigenvalue weighted by atomic mass is 35.5. The van der Waals surface area contributed by atoms with Crippen molar-refractivity contribution in [2.24, 2.45) is 4.99 Å². The lowest BCUT2D eigenvalue weighted by molar-refractivity contribution is -0.135. The van der Waals surface area contributed by atoms with Crippen LogP contribution in [-0.4, -0.2) is 49.2 Å². The number of esters is 1. The number of aliphatic imine (C=N–C) groups is 1. The average Bonchev–Trinajstić information content (AvgIpc) is 2.67. The lowest BCUT2D eigenvalue weighted by atomic mass is 10.1. The van der Waals surface area contributed by atoms with Gasteiger partial charge in [0.05, 0.1) is 12.8 Å². The molecule has 0 aliphatic carbocycles. The maximum absolute atomic E-state index is 12.2. The van der Waals surface area contributed by atoms with E-state index < -0.39 is 5.97 Å². The molecule has 1 aromatic rings. The van der Waals surface area contributed by atoms with Crippen molar-refractivity contribution >= 4 is 23.3 Å². The van der Waals surface area contributed by atoms with E-state index in [1.54, 1.807) is 12.1 Å². The summed E-state index contributed by atoms with van der Waals surface area (Å²) in [6.07, 6.45) is 3.80. The highest BCUT2D eigenvalue weighted by Crippen LogP contribution is 2.27. The van der Waals surface area contributed by atoms with E-state index in [2.05, 4.69) is 11.9 Å². The molecule has 27 heavy (non-hydrogen) atoms. The molecule has 6 nitrogen and oxygen atoms in total. The number of carbonyl (C=O) groups excluding carboxylic acids is 1. The first-order valence-electron chi connectivity index (χ1n) is 8.66. The third-order valence-corrected chi connectivity index (χ3v) is 4.33. The first kappa shape index (κ1) is 20.5. The molecule has 0 amide bonds. The van der Waals surface area contributed by atoms with Crippen molar-refractivity contribution in [1.82, 2.24) is 9.80 Å². The first-order chi connectivity index (χ1) is 12.9. The molecule has 1 aliphatic heterocycles. The summed E-state index contributed by atoms with van der Waals surface area (Å²) in [4.78, 5) is 20.6. The van der Waals surface area contributed by atoms with Gasteiger partial charge in [-0.1, -0.05) is 37.1 Å². The van der Waals surface area contributed by atoms with Crippen LogP contribution in [-0.2, 0) is 9.53 Å². The van der Waals surface area contributed by atoms with Gasteiger partial charge in [0.15, 0.2) is 11.4 Å². The normalized spacial score (nSPS) is 15.5. The van der Waals surface area contributed by atoms with Gasteiger partial charge < -0.3 is 14.5 Å². The standard InChI is InChI=1S/C20H23ClN4O2/c1-5-6-11-25-18(24(2)3)12-17(14-7-9-15(21)10-8-14)23-19(25)16(13-22)20(26)27-4/h7-10,12H,5-6,11H2,1-4H3/b19-16-. The number of rotatable bonds is 6. The van der Waals surface area contributed by atoms with Crippen LogP contribution in [0.15, 0.2) is 52.5 Å². The van der Waals surface area contributed by atoms with Crippen molar-refractivity contribution in [2.75, 3.05) is 27.7 Å². The Hall–Kier alpha value is -2.78. The summed E-state index contributed by atoms with van der Waals surface area (Å²) in [6.45, 7) is 2.72. The van der Waals surface area contributed by atoms with E-state index >= 15 is 0 Å². The van der Waals surface area contributed by atoms with Gasteiger partial charge in [0, 0.05) is 37.3 Å². The Balaban J connectivity index is 2.68. The monoisotopic (exact) mass is 386 g/mol. The topological polar surface area (TPSA) is 68.9 Å². The molecule has 0 aromatic heterocycles. The van der Waals surface area contributed by atoms with E-state index in [0.29, 0.717) is 23.1 Å². The Bertz CT molecular complexity index is 833. The fourth-order valence-electron chi connectivity index (χ4n) is 2.67. The van der Waals surface area contributed by atoms with Crippen molar-refractivity contribution in [3.63, 3.8) is 0 Å². The molecule has 0 saturated heterocycles. The number of carbonyl (C=O) groups is 1. The van der Waals surface area contributed by atoms with Gasteiger partial charge in [0.2, 0.25) is 0 Å². The summed E-state index contributed by atoms with van der Waals surface area (Å²) in [7, 11) is 5.08. The second kappa shape index (κ2) is 9.24. The number of methoxy groups -OCH3 is 1. The summed E-state index contributed by atoms with van der Waals surface area (Å²) in [5, 5.41) is 10.2. The predicted molar refractivity (Wildman–Crippen MR) is 106 cm³/mol. The fraction of sp³-hybridized carbons (Fsp3) is 0.350. The number of nitriles is 1. The molecule has 0 saturated carbocycles. The molecule has 0 spiro atoms. The van der Waals surface area contributed by atoms with Crippen LogP contribution in [0.1, 0.15) is 25.3 Å². The highest BCUT2D eigenvalue weighted by Gasteiger charge is 2.28. The smallest absolute Gasteiger partial charge is 0.352 e. The van der Waals surface area contributed by atoms with Crippen LogP contribution in [0.3, 0.4) is 0 Å². The number of ether oxygens (including phenoxy) is 1. The van der Waals surface area contributed by atoms with Gasteiger partial charge in [-0.2, -0.15) is 5.26 Å². The third-order valence-electron chi connectivity index (χ3n) is 4.08. The minimum Gasteiger partial charge on any atom is -0.465 e. The molecule has 0 N–H and O–H groups in total. The zero-order chi connectivity index (χ0) is 20.0. The molecule has 0 bridgehead atoms. The van der Waals surface area contributed by atoms with Crippen molar-refractivity contribution in [3.8, 4) is 6.07 Å². The summed E-state index contributed by atoms with van der Waals surface area (Å²) < 4.78 is 4.80. The maximum Gasteiger partial charge on any atom is 0.352 e. The number of allylic oxidation sites excluding steroid dienone is 1. The van der Waals surface area contributed by atoms with E-state index in [4.69, 9.17) is 16.3 Å². The van der Waals surface area contributed by atoms with Crippen LogP contribution >= 0.6 is 11.6 Å². The lowest BCUT2D eigenvalue weighted by Crippen LogP contribution is -2.36. The second-order valence-electron chi connectivity index (χ2n) is 6.21. The molecule has 0 atom stereocenters. The van der Waals surface area contributed by atoms with Gasteiger partial charge in [-0.15, -0.1) is 0 Å². The van der Waals surface area contributed by atoms with Crippen LogP contribution in [0.2, 0.25) is 5.02 Å². The molecular formula is C20H23ClN4O2. The molecule has 1 aromatic carbocycles. The summed E-state index contributed by atoms with van der Waals surface area (Å²) in [5.74, 6) is 0.442. The molecule has 142 valence electrons. The van der Waals surface area contributed by atoms with Crippen LogP contribution in [0.4, 0.5) is 0 Å². The van der Waals surface area contributed by atoms with E-state index in [0.717, 1.165) is 24.2 Å². The van der Waals surface area contributed by atoms with Crippen LogP contribution in [0, 0.1) is 11.3 Å². The van der Waals surface area contributed by atoms with E-state index in [1.807, 2.05) is 48.2 Å². The van der Waals surface area contributed by atoms with Crippen molar-refractivity contribution in [1.29, 1.82) is 5.26 Å². The van der Waals surface area contributed by atoms with E-state index in [9.17, 15) is 10.1 Å². The van der Waals surface area contributed by atoms with Gasteiger partial charge in [0.1, 0.15) is 11.9 Å². The molecule has 2 rings (SSSR count). The molecule has 0 radical (unpaired) electrons. The Morgan fingerprint density at radius 2 is 2.00 bits per heavy atom. The van der Waals surface area contributed by atoms with Crippen LogP contribution in [0.5, 0.6) is 0 Å². The second-order valence-corrected chi connectivity index (χ2v) is 6.64. The molecule has 7 heteroatoms. The Morgan fingerprint density at radius 3 is 2.52 bits per heavy atom. The molecule has 1 aliphatic rings. The highest BCUT2D eigenvalue weighted by molar-refractivity contribution is 6.30. The maximum atomic E-state index is 12.2. The zero-order valence-electron chi connectivity index (χ0n) is 16.0. The lowest BCUT2D eigenvalue weighted by Gasteiger charge is -2.35. The largest absolute Gasteiger partial charge is 0.465 e. The number of benzene rings is 1. The van der Waals surface area contributed by atoms with Crippen LogP contribution in [0.25, 0.3) is 0 Å². The minimum atomic E-state index is -0.701. The van der Waals surface area contributed by atoms with Crippen LogP contribution < -0.4 is 0 Å². The summed E-state index contributed by atoms with van der Waals surface area (Å²) in [5.41, 5.74) is 1.37. The van der Waals surface area contributed by atoms with Gasteiger partial charge in [-0.25, -0.2) is 9.79 Å². The SMILES string of the molecule is CCCCN1C(N(C)C)=CC(c2ccc(Cl)cc2)=N/C1=C(\C#N)C(=O)OC. The van der Waals surface area contributed by atoms with Gasteiger partial charge >= 0.3 is 5.97 Å². The summed E-state index contributed by atoms with van der Waals surface area (Å²) >= 11 is 5.99. The number of hydrogen-bond donors (Lipinski definition) is 0. The van der Waals surface area contributed by atoms with Gasteiger partial charge in [0.25, 0.3) is 0 Å². The molecular weight excluding hydrogens is 364 g/mol. The minimum absolute atomic E-state index is 0.118. The van der Waals surface area contributed by atoms with Crippen molar-refractivity contribution in [3.05, 3.63) is 58.1 Å². The number of unbranched alkanes of at least 4 members (excludes halogenated alkanes) is 1. The van der Waals surface area contributed by atoms with Crippen molar-refractivity contribution < 1.29 is 9.53 Å². The third kappa shape index (κ3) is 4.69. The zero-order valence-corrected chi connectivity index (χ0v) is 16.7. The van der Waals surface area contributed by atoms with Gasteiger partial charge in [-0.3, -0.25) is 0 Å². The molecule has 0 fully saturated rings. The number of halogens is 1.